The van der Waals surface area contributed by atoms with Crippen molar-refractivity contribution in [3.05, 3.63) is 28.1 Å². The molecular formula is C10H8BrClN4OS. The minimum atomic E-state index is 0.105. The SMILES string of the molecule is CCOc1nc(Cl)nc(Sc2ccc(Br)cn2)n1. The summed E-state index contributed by atoms with van der Waals surface area (Å²) in [5, 5.41) is 1.32. The maximum Gasteiger partial charge on any atom is 0.321 e. The van der Waals surface area contributed by atoms with Gasteiger partial charge in [0.05, 0.1) is 6.61 Å². The third-order valence-corrected chi connectivity index (χ3v) is 3.19. The van der Waals surface area contributed by atoms with Crippen LogP contribution in [0.2, 0.25) is 5.28 Å². The van der Waals surface area contributed by atoms with E-state index in [1.165, 1.54) is 11.8 Å². The summed E-state index contributed by atoms with van der Waals surface area (Å²) in [5.41, 5.74) is 0. The third-order valence-electron chi connectivity index (χ3n) is 1.74. The van der Waals surface area contributed by atoms with Gasteiger partial charge in [0.1, 0.15) is 5.03 Å². The number of rotatable bonds is 4. The van der Waals surface area contributed by atoms with Crippen molar-refractivity contribution in [1.29, 1.82) is 0 Å². The molecule has 0 aromatic carbocycles. The van der Waals surface area contributed by atoms with Gasteiger partial charge in [-0.15, -0.1) is 0 Å². The standard InChI is InChI=1S/C10H8BrClN4OS/c1-2-17-9-14-8(12)15-10(16-9)18-7-4-3-6(11)5-13-7/h3-5H,2H2,1H3. The molecule has 0 bridgehead atoms. The summed E-state index contributed by atoms with van der Waals surface area (Å²) in [7, 11) is 0. The summed E-state index contributed by atoms with van der Waals surface area (Å²) in [6.07, 6.45) is 1.70. The smallest absolute Gasteiger partial charge is 0.321 e. The second-order valence-corrected chi connectivity index (χ2v) is 5.26. The van der Waals surface area contributed by atoms with E-state index in [2.05, 4.69) is 35.9 Å². The van der Waals surface area contributed by atoms with Gasteiger partial charge in [0.15, 0.2) is 0 Å². The second kappa shape index (κ2) is 6.31. The fraction of sp³-hybridized carbons (Fsp3) is 0.200. The Kier molecular flexibility index (Phi) is 4.73. The van der Waals surface area contributed by atoms with Gasteiger partial charge in [0.25, 0.3) is 0 Å². The zero-order chi connectivity index (χ0) is 13.0. The zero-order valence-corrected chi connectivity index (χ0v) is 12.5. The maximum atomic E-state index is 5.79. The molecule has 8 heteroatoms. The quantitative estimate of drug-likeness (QED) is 0.846. The lowest BCUT2D eigenvalue weighted by atomic mass is 10.5. The van der Waals surface area contributed by atoms with Gasteiger partial charge in [-0.1, -0.05) is 0 Å². The molecule has 5 nitrogen and oxygen atoms in total. The highest BCUT2D eigenvalue weighted by molar-refractivity contribution is 9.10. The molecule has 2 aromatic rings. The van der Waals surface area contributed by atoms with Crippen molar-refractivity contribution < 1.29 is 4.74 Å². The monoisotopic (exact) mass is 346 g/mol. The number of pyridine rings is 1. The van der Waals surface area contributed by atoms with Crippen molar-refractivity contribution in [2.24, 2.45) is 0 Å². The number of nitrogens with zero attached hydrogens (tertiary/aromatic N) is 4. The average molecular weight is 348 g/mol. The Hall–Kier alpha value is -0.920. The third kappa shape index (κ3) is 3.79. The van der Waals surface area contributed by atoms with Crippen LogP contribution in [-0.2, 0) is 0 Å². The number of ether oxygens (including phenoxy) is 1. The van der Waals surface area contributed by atoms with E-state index in [1.807, 2.05) is 19.1 Å². The molecule has 94 valence electrons. The molecule has 0 aliphatic rings. The molecule has 2 rings (SSSR count). The van der Waals surface area contributed by atoms with Gasteiger partial charge in [0, 0.05) is 10.7 Å². The van der Waals surface area contributed by atoms with Gasteiger partial charge in [0.2, 0.25) is 10.4 Å². The van der Waals surface area contributed by atoms with Crippen molar-refractivity contribution in [2.75, 3.05) is 6.61 Å². The van der Waals surface area contributed by atoms with Gasteiger partial charge in [-0.25, -0.2) is 4.98 Å². The molecule has 0 unspecified atom stereocenters. The highest BCUT2D eigenvalue weighted by atomic mass is 79.9. The molecule has 2 heterocycles. The predicted octanol–water partition coefficient (Wildman–Crippen LogP) is 3.23. The lowest BCUT2D eigenvalue weighted by Gasteiger charge is -2.03. The van der Waals surface area contributed by atoms with Crippen LogP contribution < -0.4 is 4.74 Å². The van der Waals surface area contributed by atoms with E-state index in [-0.39, 0.29) is 11.3 Å². The largest absolute Gasteiger partial charge is 0.464 e. The summed E-state index contributed by atoms with van der Waals surface area (Å²) >= 11 is 10.4. The fourth-order valence-corrected chi connectivity index (χ4v) is 2.19. The second-order valence-electron chi connectivity index (χ2n) is 3.02. The minimum Gasteiger partial charge on any atom is -0.464 e. The Morgan fingerprint density at radius 2 is 2.17 bits per heavy atom. The van der Waals surface area contributed by atoms with E-state index in [0.717, 1.165) is 9.50 Å². The van der Waals surface area contributed by atoms with Gasteiger partial charge in [-0.3, -0.25) is 0 Å². The zero-order valence-electron chi connectivity index (χ0n) is 9.30. The van der Waals surface area contributed by atoms with Crippen molar-refractivity contribution >= 4 is 39.3 Å². The van der Waals surface area contributed by atoms with Crippen molar-refractivity contribution in [3.63, 3.8) is 0 Å². The summed E-state index contributed by atoms with van der Waals surface area (Å²) < 4.78 is 6.11. The maximum absolute atomic E-state index is 5.79. The fourth-order valence-electron chi connectivity index (χ4n) is 1.07. The molecule has 2 aromatic heterocycles. The Morgan fingerprint density at radius 1 is 1.33 bits per heavy atom. The van der Waals surface area contributed by atoms with Crippen LogP contribution in [0.4, 0.5) is 0 Å². The van der Waals surface area contributed by atoms with E-state index < -0.39 is 0 Å². The first kappa shape index (κ1) is 13.5. The van der Waals surface area contributed by atoms with E-state index >= 15 is 0 Å². The Balaban J connectivity index is 2.20. The Bertz CT molecular complexity index is 540. The van der Waals surface area contributed by atoms with Crippen molar-refractivity contribution in [3.8, 4) is 6.01 Å². The Morgan fingerprint density at radius 3 is 2.83 bits per heavy atom. The summed E-state index contributed by atoms with van der Waals surface area (Å²) in [6.45, 7) is 2.32. The molecule has 0 spiro atoms. The first-order valence-corrected chi connectivity index (χ1v) is 7.00. The number of aromatic nitrogens is 4. The molecule has 0 aliphatic carbocycles. The van der Waals surface area contributed by atoms with Crippen molar-refractivity contribution in [1.82, 2.24) is 19.9 Å². The van der Waals surface area contributed by atoms with Gasteiger partial charge >= 0.3 is 6.01 Å². The molecule has 0 atom stereocenters. The van der Waals surface area contributed by atoms with Crippen LogP contribution in [0.3, 0.4) is 0 Å². The number of hydrogen-bond acceptors (Lipinski definition) is 6. The van der Waals surface area contributed by atoms with E-state index in [0.29, 0.717) is 11.8 Å². The lowest BCUT2D eigenvalue weighted by Crippen LogP contribution is -2.00. The van der Waals surface area contributed by atoms with Gasteiger partial charge in [-0.2, -0.15) is 15.0 Å². The van der Waals surface area contributed by atoms with Gasteiger partial charge in [-0.05, 0) is 58.3 Å². The van der Waals surface area contributed by atoms with Crippen LogP contribution in [0.1, 0.15) is 6.92 Å². The minimum absolute atomic E-state index is 0.105. The van der Waals surface area contributed by atoms with Crippen LogP contribution in [0.25, 0.3) is 0 Å². The summed E-state index contributed by atoms with van der Waals surface area (Å²) in [6, 6.07) is 3.96. The lowest BCUT2D eigenvalue weighted by molar-refractivity contribution is 0.307. The average Bonchev–Trinajstić information content (AvgIpc) is 2.32. The van der Waals surface area contributed by atoms with Crippen LogP contribution in [0.5, 0.6) is 6.01 Å². The normalized spacial score (nSPS) is 10.4. The van der Waals surface area contributed by atoms with E-state index in [1.54, 1.807) is 6.20 Å². The van der Waals surface area contributed by atoms with E-state index in [4.69, 9.17) is 16.3 Å². The van der Waals surface area contributed by atoms with Crippen LogP contribution in [0.15, 0.2) is 33.0 Å². The summed E-state index contributed by atoms with van der Waals surface area (Å²) in [4.78, 5) is 16.2. The van der Waals surface area contributed by atoms with Crippen LogP contribution >= 0.6 is 39.3 Å². The molecule has 0 N–H and O–H groups in total. The molecule has 0 saturated heterocycles. The summed E-state index contributed by atoms with van der Waals surface area (Å²) in [5.74, 6) is 0. The van der Waals surface area contributed by atoms with Crippen molar-refractivity contribution in [2.45, 2.75) is 17.1 Å². The molecule has 0 radical (unpaired) electrons. The molecule has 0 saturated carbocycles. The Labute approximate surface area is 122 Å². The topological polar surface area (TPSA) is 60.8 Å². The molecule has 0 aliphatic heterocycles. The predicted molar refractivity (Wildman–Crippen MR) is 72.1 cm³/mol. The van der Waals surface area contributed by atoms with Crippen LogP contribution in [0, 0.1) is 0 Å². The van der Waals surface area contributed by atoms with Gasteiger partial charge < -0.3 is 4.74 Å². The molecule has 0 amide bonds. The molecule has 18 heavy (non-hydrogen) atoms. The number of halogens is 2. The molecular weight excluding hydrogens is 340 g/mol. The molecule has 0 fully saturated rings. The highest BCUT2D eigenvalue weighted by Crippen LogP contribution is 2.25. The highest BCUT2D eigenvalue weighted by Gasteiger charge is 2.08. The first-order valence-electron chi connectivity index (χ1n) is 5.01. The number of hydrogen-bond donors (Lipinski definition) is 0. The van der Waals surface area contributed by atoms with Crippen LogP contribution in [-0.4, -0.2) is 26.5 Å². The van der Waals surface area contributed by atoms with E-state index in [9.17, 15) is 0 Å². The first-order chi connectivity index (χ1) is 8.67.